The molecule has 30 heavy (non-hydrogen) atoms. The second kappa shape index (κ2) is 8.53. The minimum atomic E-state index is -3.26. The fourth-order valence-electron chi connectivity index (χ4n) is 4.22. The van der Waals surface area contributed by atoms with Gasteiger partial charge in [0.15, 0.2) is 0 Å². The van der Waals surface area contributed by atoms with E-state index in [1.54, 1.807) is 6.92 Å². The van der Waals surface area contributed by atoms with Crippen LogP contribution in [0.15, 0.2) is 42.5 Å². The fourth-order valence-corrected chi connectivity index (χ4v) is 5.04. The number of likely N-dealkylation sites (N-methyl/N-ethyl adjacent to an activating group) is 1. The van der Waals surface area contributed by atoms with Crippen LogP contribution >= 0.6 is 0 Å². The van der Waals surface area contributed by atoms with Crippen molar-refractivity contribution in [3.05, 3.63) is 59.4 Å². The summed E-state index contributed by atoms with van der Waals surface area (Å²) in [5, 5.41) is 3.34. The van der Waals surface area contributed by atoms with Gasteiger partial charge >= 0.3 is 0 Å². The highest BCUT2D eigenvalue weighted by Crippen LogP contribution is 2.40. The third-order valence-electron chi connectivity index (χ3n) is 6.00. The Hall–Kier alpha value is -2.16. The molecule has 0 aromatic heterocycles. The summed E-state index contributed by atoms with van der Waals surface area (Å²) in [5.41, 5.74) is 2.71. The molecule has 2 heterocycles. The zero-order valence-electron chi connectivity index (χ0n) is 17.3. The number of halogens is 1. The molecule has 0 saturated carbocycles. The highest BCUT2D eigenvalue weighted by atomic mass is 32.2. The van der Waals surface area contributed by atoms with Gasteiger partial charge in [-0.05, 0) is 32.0 Å². The number of fused-ring (bicyclic) bond motifs is 1. The van der Waals surface area contributed by atoms with Gasteiger partial charge in [-0.3, -0.25) is 0 Å². The number of benzene rings is 2. The maximum Gasteiger partial charge on any atom is 0.211 e. The van der Waals surface area contributed by atoms with Crippen LogP contribution in [-0.2, 0) is 16.4 Å². The van der Waals surface area contributed by atoms with Gasteiger partial charge in [-0.2, -0.15) is 0 Å². The Kier molecular flexibility index (Phi) is 5.99. The van der Waals surface area contributed by atoms with Crippen molar-refractivity contribution in [1.29, 1.82) is 0 Å². The Bertz CT molecular complexity index is 994. The summed E-state index contributed by atoms with van der Waals surface area (Å²) in [6.45, 7) is 3.00. The van der Waals surface area contributed by atoms with E-state index in [-0.39, 0.29) is 29.6 Å². The summed E-state index contributed by atoms with van der Waals surface area (Å²) in [6, 6.07) is 13.5. The first-order valence-corrected chi connectivity index (χ1v) is 12.0. The zero-order chi connectivity index (χ0) is 21.3. The SMILES string of the molecule is CCS(=O)(=O)NC1CN(c2cc3c(cc2F)OCC(NC)C3Cc2ccccc2)C1. The molecule has 0 aliphatic carbocycles. The Morgan fingerprint density at radius 2 is 1.93 bits per heavy atom. The monoisotopic (exact) mass is 433 g/mol. The van der Waals surface area contributed by atoms with E-state index in [9.17, 15) is 12.8 Å². The zero-order valence-corrected chi connectivity index (χ0v) is 18.1. The van der Waals surface area contributed by atoms with Crippen molar-refractivity contribution in [1.82, 2.24) is 10.0 Å². The van der Waals surface area contributed by atoms with Gasteiger partial charge in [0.05, 0.1) is 17.5 Å². The third kappa shape index (κ3) is 4.31. The van der Waals surface area contributed by atoms with Crippen LogP contribution in [0.1, 0.15) is 24.0 Å². The van der Waals surface area contributed by atoms with Gasteiger partial charge in [0.25, 0.3) is 0 Å². The lowest BCUT2D eigenvalue weighted by Crippen LogP contribution is -2.59. The van der Waals surface area contributed by atoms with E-state index in [4.69, 9.17) is 4.74 Å². The number of hydrogen-bond acceptors (Lipinski definition) is 5. The predicted molar refractivity (Wildman–Crippen MR) is 116 cm³/mol. The van der Waals surface area contributed by atoms with Gasteiger partial charge in [-0.15, -0.1) is 0 Å². The first kappa shape index (κ1) is 21.1. The minimum Gasteiger partial charge on any atom is -0.492 e. The molecule has 2 aromatic carbocycles. The quantitative estimate of drug-likeness (QED) is 0.701. The number of hydrogen-bond donors (Lipinski definition) is 2. The van der Waals surface area contributed by atoms with Crippen LogP contribution < -0.4 is 19.7 Å². The topological polar surface area (TPSA) is 70.7 Å². The van der Waals surface area contributed by atoms with Crippen molar-refractivity contribution in [2.24, 2.45) is 0 Å². The molecular formula is C22H28FN3O3S. The number of nitrogens with one attached hydrogen (secondary N) is 2. The van der Waals surface area contributed by atoms with Crippen molar-refractivity contribution in [3.63, 3.8) is 0 Å². The molecule has 2 aliphatic rings. The molecule has 4 rings (SSSR count). The van der Waals surface area contributed by atoms with Crippen LogP contribution in [-0.4, -0.2) is 53.0 Å². The van der Waals surface area contributed by atoms with Gasteiger partial charge < -0.3 is 15.0 Å². The highest BCUT2D eigenvalue weighted by Gasteiger charge is 2.35. The minimum absolute atomic E-state index is 0.0423. The van der Waals surface area contributed by atoms with E-state index in [0.29, 0.717) is 31.1 Å². The molecule has 0 amide bonds. The molecular weight excluding hydrogens is 405 g/mol. The normalized spacial score (nSPS) is 21.6. The summed E-state index contributed by atoms with van der Waals surface area (Å²) in [4.78, 5) is 1.88. The lowest BCUT2D eigenvalue weighted by atomic mass is 9.83. The Morgan fingerprint density at radius 3 is 2.60 bits per heavy atom. The smallest absolute Gasteiger partial charge is 0.211 e. The second-order valence-electron chi connectivity index (χ2n) is 7.97. The van der Waals surface area contributed by atoms with Gasteiger partial charge in [-0.25, -0.2) is 17.5 Å². The lowest BCUT2D eigenvalue weighted by molar-refractivity contribution is 0.218. The van der Waals surface area contributed by atoms with Gasteiger partial charge in [0, 0.05) is 36.7 Å². The Morgan fingerprint density at radius 1 is 1.20 bits per heavy atom. The van der Waals surface area contributed by atoms with Crippen LogP contribution in [0.25, 0.3) is 0 Å². The number of nitrogens with zero attached hydrogens (tertiary/aromatic N) is 1. The van der Waals surface area contributed by atoms with Crippen molar-refractivity contribution in [2.75, 3.05) is 37.4 Å². The Balaban J connectivity index is 1.58. The molecule has 6 nitrogen and oxygen atoms in total. The summed E-state index contributed by atoms with van der Waals surface area (Å²) in [6.07, 6.45) is 0.826. The van der Waals surface area contributed by atoms with Crippen molar-refractivity contribution in [2.45, 2.75) is 31.3 Å². The average molecular weight is 434 g/mol. The Labute approximate surface area is 177 Å². The van der Waals surface area contributed by atoms with E-state index < -0.39 is 10.0 Å². The third-order valence-corrected chi connectivity index (χ3v) is 7.45. The average Bonchev–Trinajstić information content (AvgIpc) is 2.71. The molecule has 1 fully saturated rings. The van der Waals surface area contributed by atoms with Crippen molar-refractivity contribution >= 4 is 15.7 Å². The van der Waals surface area contributed by atoms with Crippen LogP contribution in [0.2, 0.25) is 0 Å². The van der Waals surface area contributed by atoms with Crippen LogP contribution in [0.4, 0.5) is 10.1 Å². The lowest BCUT2D eigenvalue weighted by Gasteiger charge is -2.42. The maximum atomic E-state index is 14.8. The van der Waals surface area contributed by atoms with E-state index >= 15 is 0 Å². The molecule has 0 radical (unpaired) electrons. The number of sulfonamides is 1. The molecule has 0 spiro atoms. The molecule has 1 saturated heterocycles. The highest BCUT2D eigenvalue weighted by molar-refractivity contribution is 7.89. The summed E-state index contributed by atoms with van der Waals surface area (Å²) < 4.78 is 46.9. The summed E-state index contributed by atoms with van der Waals surface area (Å²) in [5.74, 6) is 0.441. The van der Waals surface area contributed by atoms with E-state index in [0.717, 1.165) is 12.0 Å². The molecule has 162 valence electrons. The molecule has 0 bridgehead atoms. The van der Waals surface area contributed by atoms with E-state index in [1.165, 1.54) is 11.6 Å². The van der Waals surface area contributed by atoms with Crippen molar-refractivity contribution < 1.29 is 17.5 Å². The van der Waals surface area contributed by atoms with Crippen LogP contribution in [0.3, 0.4) is 0 Å². The maximum absolute atomic E-state index is 14.8. The van der Waals surface area contributed by atoms with E-state index in [1.807, 2.05) is 36.2 Å². The molecule has 2 unspecified atom stereocenters. The molecule has 2 aromatic rings. The first-order valence-electron chi connectivity index (χ1n) is 10.3. The summed E-state index contributed by atoms with van der Waals surface area (Å²) in [7, 11) is -1.34. The second-order valence-corrected chi connectivity index (χ2v) is 10.0. The van der Waals surface area contributed by atoms with Crippen LogP contribution in [0.5, 0.6) is 5.75 Å². The molecule has 2 N–H and O–H groups in total. The number of anilines is 1. The molecule has 8 heteroatoms. The number of ether oxygens (including phenoxy) is 1. The standard InChI is InChI=1S/C22H28FN3O3S/c1-3-30(27,28)25-16-12-26(13-16)21-10-18-17(9-15-7-5-4-6-8-15)20(24-2)14-29-22(18)11-19(21)23/h4-8,10-11,16-17,20,24-25H,3,9,12-14H2,1-2H3. The molecule has 2 aliphatic heterocycles. The number of rotatable bonds is 7. The largest absolute Gasteiger partial charge is 0.492 e. The molecule has 2 atom stereocenters. The van der Waals surface area contributed by atoms with Crippen molar-refractivity contribution in [3.8, 4) is 5.75 Å². The van der Waals surface area contributed by atoms with Crippen LogP contribution in [0, 0.1) is 5.82 Å². The predicted octanol–water partition coefficient (Wildman–Crippen LogP) is 2.26. The van der Waals surface area contributed by atoms with Gasteiger partial charge in [0.1, 0.15) is 18.2 Å². The fraction of sp³-hybridized carbons (Fsp3) is 0.455. The van der Waals surface area contributed by atoms with E-state index in [2.05, 4.69) is 22.2 Å². The van der Waals surface area contributed by atoms with Gasteiger partial charge in [0.2, 0.25) is 10.0 Å². The first-order chi connectivity index (χ1) is 14.4. The van der Waals surface area contributed by atoms with Gasteiger partial charge in [-0.1, -0.05) is 30.3 Å². The summed E-state index contributed by atoms with van der Waals surface area (Å²) >= 11 is 0.